The predicted molar refractivity (Wildman–Crippen MR) is 124 cm³/mol. The van der Waals surface area contributed by atoms with E-state index in [9.17, 15) is 14.0 Å². The minimum atomic E-state index is -0.356. The van der Waals surface area contributed by atoms with Gasteiger partial charge in [-0.3, -0.25) is 14.2 Å². The van der Waals surface area contributed by atoms with Gasteiger partial charge in [-0.05, 0) is 55.5 Å². The molecular formula is C23H20FN5O3S. The summed E-state index contributed by atoms with van der Waals surface area (Å²) in [6.45, 7) is 2.48. The average molecular weight is 466 g/mol. The fraction of sp³-hybridized carbons (Fsp3) is 0.217. The van der Waals surface area contributed by atoms with Crippen molar-refractivity contribution in [1.82, 2.24) is 19.3 Å². The summed E-state index contributed by atoms with van der Waals surface area (Å²) >= 11 is 1.42. The number of hydrogen-bond donors (Lipinski definition) is 1. The lowest BCUT2D eigenvalue weighted by atomic mass is 10.2. The lowest BCUT2D eigenvalue weighted by Gasteiger charge is -2.14. The Hall–Kier alpha value is -3.66. The molecule has 5 rings (SSSR count). The maximum Gasteiger partial charge on any atom is 0.265 e. The summed E-state index contributed by atoms with van der Waals surface area (Å²) in [5.41, 5.74) is 1.44. The fourth-order valence-electron chi connectivity index (χ4n) is 3.78. The molecule has 1 atom stereocenters. The van der Waals surface area contributed by atoms with Gasteiger partial charge in [-0.1, -0.05) is 11.8 Å². The third-order valence-corrected chi connectivity index (χ3v) is 6.41. The molecule has 168 valence electrons. The molecule has 2 aromatic carbocycles. The lowest BCUT2D eigenvalue weighted by Crippen LogP contribution is -2.27. The molecule has 0 saturated heterocycles. The minimum Gasteiger partial charge on any atom is -0.494 e. The van der Waals surface area contributed by atoms with Gasteiger partial charge in [0.15, 0.2) is 10.8 Å². The van der Waals surface area contributed by atoms with Gasteiger partial charge in [-0.2, -0.15) is 5.10 Å². The van der Waals surface area contributed by atoms with Crippen molar-refractivity contribution in [2.24, 2.45) is 0 Å². The highest BCUT2D eigenvalue weighted by molar-refractivity contribution is 7.99. The Bertz CT molecular complexity index is 1380. The fourth-order valence-corrected chi connectivity index (χ4v) is 4.91. The van der Waals surface area contributed by atoms with Crippen molar-refractivity contribution in [3.8, 4) is 11.4 Å². The zero-order valence-electron chi connectivity index (χ0n) is 17.7. The highest BCUT2D eigenvalue weighted by Gasteiger charge is 2.29. The molecule has 10 heteroatoms. The Kier molecular flexibility index (Phi) is 5.59. The van der Waals surface area contributed by atoms with Crippen LogP contribution in [0.15, 0.2) is 64.7 Å². The van der Waals surface area contributed by atoms with Gasteiger partial charge in [0.1, 0.15) is 17.0 Å². The second kappa shape index (κ2) is 8.70. The number of halogens is 1. The van der Waals surface area contributed by atoms with Gasteiger partial charge in [-0.15, -0.1) is 0 Å². The molecule has 33 heavy (non-hydrogen) atoms. The largest absolute Gasteiger partial charge is 0.494 e. The Labute approximate surface area is 192 Å². The van der Waals surface area contributed by atoms with Crippen molar-refractivity contribution in [3.63, 3.8) is 0 Å². The predicted octanol–water partition coefficient (Wildman–Crippen LogP) is 3.80. The van der Waals surface area contributed by atoms with Crippen molar-refractivity contribution < 1.29 is 13.9 Å². The molecule has 1 aliphatic rings. The van der Waals surface area contributed by atoms with E-state index in [0.29, 0.717) is 39.9 Å². The van der Waals surface area contributed by atoms with Crippen LogP contribution in [0.25, 0.3) is 16.7 Å². The zero-order valence-corrected chi connectivity index (χ0v) is 18.5. The summed E-state index contributed by atoms with van der Waals surface area (Å²) in [4.78, 5) is 30.5. The first kappa shape index (κ1) is 21.2. The third-order valence-electron chi connectivity index (χ3n) is 5.31. The van der Waals surface area contributed by atoms with Crippen LogP contribution in [0, 0.1) is 5.82 Å². The van der Waals surface area contributed by atoms with Gasteiger partial charge in [0.05, 0.1) is 24.5 Å². The molecule has 0 radical (unpaired) electrons. The van der Waals surface area contributed by atoms with Crippen molar-refractivity contribution in [2.45, 2.75) is 24.5 Å². The first-order chi connectivity index (χ1) is 16.0. The molecular weight excluding hydrogens is 445 g/mol. The Morgan fingerprint density at radius 3 is 2.70 bits per heavy atom. The third kappa shape index (κ3) is 4.09. The van der Waals surface area contributed by atoms with Crippen molar-refractivity contribution >= 4 is 34.4 Å². The summed E-state index contributed by atoms with van der Waals surface area (Å²) in [5.74, 6) is 0.757. The van der Waals surface area contributed by atoms with Gasteiger partial charge in [0, 0.05) is 17.9 Å². The van der Waals surface area contributed by atoms with Crippen molar-refractivity contribution in [2.75, 3.05) is 17.7 Å². The summed E-state index contributed by atoms with van der Waals surface area (Å²) < 4.78 is 21.8. The monoisotopic (exact) mass is 465 g/mol. The molecule has 0 fully saturated rings. The topological polar surface area (TPSA) is 91.0 Å². The van der Waals surface area contributed by atoms with Gasteiger partial charge < -0.3 is 10.1 Å². The molecule has 1 N–H and O–H groups in total. The van der Waals surface area contributed by atoms with Gasteiger partial charge >= 0.3 is 0 Å². The van der Waals surface area contributed by atoms with Crippen LogP contribution >= 0.6 is 11.8 Å². The van der Waals surface area contributed by atoms with E-state index in [4.69, 9.17) is 4.74 Å². The van der Waals surface area contributed by atoms with Crippen LogP contribution in [0.4, 0.5) is 10.1 Å². The van der Waals surface area contributed by atoms with Crippen LogP contribution in [0.5, 0.6) is 5.75 Å². The number of amides is 1. The smallest absolute Gasteiger partial charge is 0.265 e. The molecule has 3 heterocycles. The first-order valence-corrected chi connectivity index (χ1v) is 11.4. The molecule has 0 spiro atoms. The molecule has 1 amide bonds. The van der Waals surface area contributed by atoms with Gasteiger partial charge in [-0.25, -0.2) is 14.1 Å². The number of fused-ring (bicyclic) bond motifs is 2. The van der Waals surface area contributed by atoms with Crippen LogP contribution in [-0.4, -0.2) is 37.6 Å². The van der Waals surface area contributed by atoms with Crippen LogP contribution in [0.2, 0.25) is 0 Å². The maximum atomic E-state index is 13.3. The Morgan fingerprint density at radius 2 is 1.97 bits per heavy atom. The molecule has 2 aromatic heterocycles. The Balaban J connectivity index is 1.38. The van der Waals surface area contributed by atoms with E-state index in [1.165, 1.54) is 34.8 Å². The van der Waals surface area contributed by atoms with Crippen LogP contribution in [-0.2, 0) is 4.79 Å². The number of rotatable bonds is 6. The van der Waals surface area contributed by atoms with E-state index in [1.807, 2.05) is 6.92 Å². The number of nitrogens with zero attached hydrogens (tertiary/aromatic N) is 4. The van der Waals surface area contributed by atoms with E-state index < -0.39 is 0 Å². The summed E-state index contributed by atoms with van der Waals surface area (Å²) in [7, 11) is 0. The number of anilines is 1. The van der Waals surface area contributed by atoms with Crippen LogP contribution in [0.3, 0.4) is 0 Å². The molecule has 0 aliphatic carbocycles. The number of carbonyl (C=O) groups excluding carboxylic acids is 1. The number of nitrogens with one attached hydrogen (secondary N) is 1. The highest BCUT2D eigenvalue weighted by atomic mass is 32.2. The molecule has 8 nitrogen and oxygen atoms in total. The number of hydrogen-bond acceptors (Lipinski definition) is 6. The maximum absolute atomic E-state index is 13.3. The lowest BCUT2D eigenvalue weighted by molar-refractivity contribution is -0.116. The second-order valence-corrected chi connectivity index (χ2v) is 8.50. The quantitative estimate of drug-likeness (QED) is 0.436. The number of thioether (sulfide) groups is 1. The number of aromatic nitrogens is 4. The van der Waals surface area contributed by atoms with E-state index in [2.05, 4.69) is 15.4 Å². The molecule has 0 saturated carbocycles. The van der Waals surface area contributed by atoms with Crippen LogP contribution < -0.4 is 15.6 Å². The normalized spacial score (nSPS) is 14.9. The van der Waals surface area contributed by atoms with Gasteiger partial charge in [0.25, 0.3) is 5.56 Å². The SMILES string of the molecule is CCOc1ccc(NC(=O)CC2CSc3nc4c(cnn4-c4ccc(F)cc4)c(=O)n32)cc1. The van der Waals surface area contributed by atoms with Gasteiger partial charge in [0.2, 0.25) is 5.91 Å². The van der Waals surface area contributed by atoms with E-state index in [1.54, 1.807) is 41.0 Å². The van der Waals surface area contributed by atoms with E-state index in [0.717, 1.165) is 5.75 Å². The number of carbonyl (C=O) groups is 1. The van der Waals surface area contributed by atoms with Crippen molar-refractivity contribution in [3.05, 3.63) is 70.9 Å². The highest BCUT2D eigenvalue weighted by Crippen LogP contribution is 2.33. The molecule has 1 aliphatic heterocycles. The van der Waals surface area contributed by atoms with Crippen LogP contribution in [0.1, 0.15) is 19.4 Å². The van der Waals surface area contributed by atoms with E-state index in [-0.39, 0.29) is 29.7 Å². The first-order valence-electron chi connectivity index (χ1n) is 10.4. The summed E-state index contributed by atoms with van der Waals surface area (Å²) in [6.07, 6.45) is 1.60. The Morgan fingerprint density at radius 1 is 1.21 bits per heavy atom. The molecule has 0 bridgehead atoms. The second-order valence-electron chi connectivity index (χ2n) is 7.51. The molecule has 1 unspecified atom stereocenters. The van der Waals surface area contributed by atoms with E-state index >= 15 is 0 Å². The summed E-state index contributed by atoms with van der Waals surface area (Å²) in [6, 6.07) is 12.7. The standard InChI is InChI=1S/C23H20FN5O3S/c1-2-32-18-9-5-15(6-10-18)26-20(30)11-17-13-33-23-27-21-19(22(31)28(17)23)12-25-29(21)16-7-3-14(24)4-8-16/h3-10,12,17H,2,11,13H2,1H3,(H,26,30). The number of benzene rings is 2. The van der Waals surface area contributed by atoms with Crippen molar-refractivity contribution in [1.29, 1.82) is 0 Å². The average Bonchev–Trinajstić information content (AvgIpc) is 3.41. The number of ether oxygens (including phenoxy) is 1. The zero-order chi connectivity index (χ0) is 22.9. The summed E-state index contributed by atoms with van der Waals surface area (Å²) in [5, 5.41) is 8.03. The molecule has 4 aromatic rings. The minimum absolute atomic E-state index is 0.145.